The molecule has 2 amide bonds. The molecule has 0 aliphatic carbocycles. The van der Waals surface area contributed by atoms with Crippen LogP contribution in [-0.4, -0.2) is 42.5 Å². The van der Waals surface area contributed by atoms with E-state index in [4.69, 9.17) is 16.3 Å². The second-order valence-electron chi connectivity index (χ2n) is 7.05. The summed E-state index contributed by atoms with van der Waals surface area (Å²) >= 11 is 6.04. The maximum Gasteiger partial charge on any atom is 0.253 e. The van der Waals surface area contributed by atoms with Crippen molar-refractivity contribution in [3.05, 3.63) is 70.3 Å². The van der Waals surface area contributed by atoms with Gasteiger partial charge in [0.25, 0.3) is 11.8 Å². The second-order valence-corrected chi connectivity index (χ2v) is 7.48. The third-order valence-electron chi connectivity index (χ3n) is 5.11. The maximum absolute atomic E-state index is 12.9. The summed E-state index contributed by atoms with van der Waals surface area (Å²) in [5.41, 5.74) is 2.11. The third-order valence-corrected chi connectivity index (χ3v) is 5.35. The number of hydrogen-bond acceptors (Lipinski definition) is 3. The van der Waals surface area contributed by atoms with Crippen LogP contribution in [0.3, 0.4) is 0 Å². The molecule has 0 atom stereocenters. The molecule has 0 spiro atoms. The van der Waals surface area contributed by atoms with Gasteiger partial charge in [-0.1, -0.05) is 29.8 Å². The molecule has 2 aliphatic heterocycles. The fourth-order valence-corrected chi connectivity index (χ4v) is 3.74. The van der Waals surface area contributed by atoms with Gasteiger partial charge in [0.2, 0.25) is 0 Å². The van der Waals surface area contributed by atoms with Gasteiger partial charge in [-0.3, -0.25) is 9.59 Å². The van der Waals surface area contributed by atoms with E-state index in [0.29, 0.717) is 29.2 Å². The molecule has 2 aromatic rings. The number of carbonyl (C=O) groups excluding carboxylic acids is 2. The van der Waals surface area contributed by atoms with Crippen LogP contribution in [0, 0.1) is 0 Å². The Labute approximate surface area is 168 Å². The molecule has 0 saturated carbocycles. The van der Waals surface area contributed by atoms with Crippen LogP contribution in [0.5, 0.6) is 5.75 Å². The van der Waals surface area contributed by atoms with E-state index >= 15 is 0 Å². The normalized spacial score (nSPS) is 16.6. The number of nitrogens with zero attached hydrogens (tertiary/aromatic N) is 1. The Morgan fingerprint density at radius 3 is 2.57 bits per heavy atom. The summed E-state index contributed by atoms with van der Waals surface area (Å²) in [5.74, 6) is 0.656. The lowest BCUT2D eigenvalue weighted by molar-refractivity contribution is -0.128. The van der Waals surface area contributed by atoms with Gasteiger partial charge in [0.1, 0.15) is 12.4 Å². The second kappa shape index (κ2) is 8.07. The summed E-state index contributed by atoms with van der Waals surface area (Å²) in [4.78, 5) is 27.0. The Balaban J connectivity index is 1.35. The number of halogens is 1. The van der Waals surface area contributed by atoms with E-state index in [1.54, 1.807) is 24.3 Å². The molecule has 144 valence electrons. The number of ether oxygens (including phenoxy) is 1. The monoisotopic (exact) mass is 396 g/mol. The first-order valence-electron chi connectivity index (χ1n) is 9.38. The third kappa shape index (κ3) is 4.04. The van der Waals surface area contributed by atoms with E-state index < -0.39 is 0 Å². The predicted octanol–water partition coefficient (Wildman–Crippen LogP) is 3.54. The van der Waals surface area contributed by atoms with Gasteiger partial charge >= 0.3 is 0 Å². The average Bonchev–Trinajstić information content (AvgIpc) is 2.74. The van der Waals surface area contributed by atoms with Crippen molar-refractivity contribution in [3.63, 3.8) is 0 Å². The summed E-state index contributed by atoms with van der Waals surface area (Å²) < 4.78 is 5.69. The number of benzene rings is 2. The van der Waals surface area contributed by atoms with Crippen LogP contribution in [0.1, 0.15) is 28.8 Å². The molecule has 0 unspecified atom stereocenters. The number of fused-ring (bicyclic) bond motifs is 1. The van der Waals surface area contributed by atoms with Crippen molar-refractivity contribution < 1.29 is 14.3 Å². The topological polar surface area (TPSA) is 58.6 Å². The number of likely N-dealkylation sites (tertiary alicyclic amines) is 1. The van der Waals surface area contributed by atoms with Crippen molar-refractivity contribution >= 4 is 29.5 Å². The molecule has 5 nitrogen and oxygen atoms in total. The van der Waals surface area contributed by atoms with Crippen LogP contribution < -0.4 is 10.1 Å². The van der Waals surface area contributed by atoms with E-state index in [9.17, 15) is 9.59 Å². The van der Waals surface area contributed by atoms with Crippen LogP contribution in [0.25, 0.3) is 6.08 Å². The van der Waals surface area contributed by atoms with Crippen LogP contribution in [0.4, 0.5) is 0 Å². The zero-order valence-electron chi connectivity index (χ0n) is 15.4. The fourth-order valence-electron chi connectivity index (χ4n) is 3.56. The zero-order chi connectivity index (χ0) is 19.5. The number of piperidine rings is 1. The summed E-state index contributed by atoms with van der Waals surface area (Å²) in [6.45, 7) is 1.48. The first-order chi connectivity index (χ1) is 13.6. The van der Waals surface area contributed by atoms with Crippen LogP contribution in [-0.2, 0) is 4.79 Å². The molecule has 0 radical (unpaired) electrons. The smallest absolute Gasteiger partial charge is 0.253 e. The number of amides is 2. The van der Waals surface area contributed by atoms with Gasteiger partial charge in [-0.05, 0) is 49.2 Å². The van der Waals surface area contributed by atoms with Gasteiger partial charge < -0.3 is 15.0 Å². The Morgan fingerprint density at radius 1 is 1.07 bits per heavy atom. The molecule has 2 heterocycles. The van der Waals surface area contributed by atoms with Crippen molar-refractivity contribution in [2.45, 2.75) is 18.9 Å². The molecule has 4 rings (SSSR count). The highest BCUT2D eigenvalue weighted by Gasteiger charge is 2.27. The molecule has 0 bridgehead atoms. The highest BCUT2D eigenvalue weighted by atomic mass is 35.5. The van der Waals surface area contributed by atoms with E-state index in [-0.39, 0.29) is 24.5 Å². The van der Waals surface area contributed by atoms with Crippen molar-refractivity contribution in [1.29, 1.82) is 0 Å². The molecule has 2 aromatic carbocycles. The van der Waals surface area contributed by atoms with Crippen molar-refractivity contribution in [2.75, 3.05) is 19.7 Å². The minimum atomic E-state index is -0.0674. The van der Waals surface area contributed by atoms with E-state index in [1.165, 1.54) is 0 Å². The Hall–Kier alpha value is -2.79. The Kier molecular flexibility index (Phi) is 5.35. The van der Waals surface area contributed by atoms with E-state index in [2.05, 4.69) is 5.32 Å². The highest BCUT2D eigenvalue weighted by molar-refractivity contribution is 6.30. The molecule has 2 aliphatic rings. The van der Waals surface area contributed by atoms with Crippen molar-refractivity contribution in [2.24, 2.45) is 0 Å². The molecule has 1 saturated heterocycles. The lowest BCUT2D eigenvalue weighted by atomic mass is 10.0. The quantitative estimate of drug-likeness (QED) is 0.863. The number of nitrogens with one attached hydrogen (secondary N) is 1. The zero-order valence-corrected chi connectivity index (χ0v) is 16.1. The molecule has 6 heteroatoms. The molecule has 1 fully saturated rings. The fraction of sp³-hybridized carbons (Fsp3) is 0.273. The Bertz CT molecular complexity index is 919. The highest BCUT2D eigenvalue weighted by Crippen LogP contribution is 2.29. The minimum Gasteiger partial charge on any atom is -0.488 e. The maximum atomic E-state index is 12.9. The number of hydrogen-bond donors (Lipinski definition) is 1. The van der Waals surface area contributed by atoms with Crippen LogP contribution in [0.15, 0.2) is 54.1 Å². The lowest BCUT2D eigenvalue weighted by Gasteiger charge is -2.33. The summed E-state index contributed by atoms with van der Waals surface area (Å²) in [6.07, 6.45) is 3.33. The van der Waals surface area contributed by atoms with Gasteiger partial charge in [-0.2, -0.15) is 0 Å². The first kappa shape index (κ1) is 18.6. The molecule has 28 heavy (non-hydrogen) atoms. The number of rotatable bonds is 3. The lowest BCUT2D eigenvalue weighted by Crippen LogP contribution is -2.47. The molecule has 1 N–H and O–H groups in total. The van der Waals surface area contributed by atoms with E-state index in [1.807, 2.05) is 35.2 Å². The largest absolute Gasteiger partial charge is 0.488 e. The van der Waals surface area contributed by atoms with Crippen molar-refractivity contribution in [3.8, 4) is 5.75 Å². The van der Waals surface area contributed by atoms with E-state index in [0.717, 1.165) is 24.2 Å². The number of carbonyl (C=O) groups is 2. The van der Waals surface area contributed by atoms with Gasteiger partial charge in [0.15, 0.2) is 0 Å². The summed E-state index contributed by atoms with van der Waals surface area (Å²) in [6, 6.07) is 14.6. The Morgan fingerprint density at radius 2 is 1.82 bits per heavy atom. The minimum absolute atomic E-state index is 0.0153. The van der Waals surface area contributed by atoms with Gasteiger partial charge in [0, 0.05) is 35.3 Å². The SMILES string of the molecule is O=C(NC1CCN(C(=O)C2=Cc3cc(Cl)ccc3OC2)CC1)c1ccccc1. The van der Waals surface area contributed by atoms with Gasteiger partial charge in [0.05, 0.1) is 5.57 Å². The van der Waals surface area contributed by atoms with Crippen molar-refractivity contribution in [1.82, 2.24) is 10.2 Å². The standard InChI is InChI=1S/C22H21ClN2O3/c23-18-6-7-20-16(13-18)12-17(14-28-20)22(27)25-10-8-19(9-11-25)24-21(26)15-4-2-1-3-5-15/h1-7,12-13,19H,8-11,14H2,(H,24,26). The average molecular weight is 397 g/mol. The molecular weight excluding hydrogens is 376 g/mol. The van der Waals surface area contributed by atoms with Gasteiger partial charge in [-0.15, -0.1) is 0 Å². The summed E-state index contributed by atoms with van der Waals surface area (Å²) in [7, 11) is 0. The van der Waals surface area contributed by atoms with Gasteiger partial charge in [-0.25, -0.2) is 0 Å². The molecule has 0 aromatic heterocycles. The summed E-state index contributed by atoms with van der Waals surface area (Å²) in [5, 5.41) is 3.68. The predicted molar refractivity (Wildman–Crippen MR) is 108 cm³/mol. The van der Waals surface area contributed by atoms with Crippen LogP contribution >= 0.6 is 11.6 Å². The van der Waals surface area contributed by atoms with Crippen LogP contribution in [0.2, 0.25) is 5.02 Å². The first-order valence-corrected chi connectivity index (χ1v) is 9.76. The molecular formula is C22H21ClN2O3.